The lowest BCUT2D eigenvalue weighted by Crippen LogP contribution is -2.34. The summed E-state index contributed by atoms with van der Waals surface area (Å²) in [6.07, 6.45) is 1.10. The highest BCUT2D eigenvalue weighted by atomic mass is 16.5. The number of aliphatic imine (C=N–C) groups is 1. The number of ether oxygens (including phenoxy) is 2. The number of hydrogen-bond donors (Lipinski definition) is 1. The molecule has 0 bridgehead atoms. The van der Waals surface area contributed by atoms with Gasteiger partial charge >= 0.3 is 0 Å². The molecule has 2 aromatic carbocycles. The molecule has 0 saturated carbocycles. The highest BCUT2D eigenvalue weighted by molar-refractivity contribution is 6.04. The molecule has 2 aromatic rings. The van der Waals surface area contributed by atoms with Gasteiger partial charge < -0.3 is 19.7 Å². The molecule has 5 heteroatoms. The van der Waals surface area contributed by atoms with Crippen LogP contribution < -0.4 is 14.8 Å². The van der Waals surface area contributed by atoms with Crippen LogP contribution in [0.5, 0.6) is 17.2 Å². The van der Waals surface area contributed by atoms with Gasteiger partial charge in [0.25, 0.3) is 0 Å². The first kappa shape index (κ1) is 16.0. The van der Waals surface area contributed by atoms with E-state index in [0.29, 0.717) is 0 Å². The van der Waals surface area contributed by atoms with Crippen LogP contribution in [-0.4, -0.2) is 44.0 Å². The molecule has 0 radical (unpaired) electrons. The van der Waals surface area contributed by atoms with Crippen molar-refractivity contribution in [1.82, 2.24) is 10.2 Å². The highest BCUT2D eigenvalue weighted by Crippen LogP contribution is 2.40. The summed E-state index contributed by atoms with van der Waals surface area (Å²) in [5.41, 5.74) is 3.03. The van der Waals surface area contributed by atoms with Crippen LogP contribution in [0.1, 0.15) is 17.5 Å². The minimum Gasteiger partial charge on any atom is -0.497 e. The molecule has 1 N–H and O–H groups in total. The largest absolute Gasteiger partial charge is 0.497 e. The summed E-state index contributed by atoms with van der Waals surface area (Å²) < 4.78 is 11.6. The zero-order valence-corrected chi connectivity index (χ0v) is 14.7. The van der Waals surface area contributed by atoms with Crippen LogP contribution in [0.25, 0.3) is 0 Å². The Labute approximate surface area is 148 Å². The molecule has 5 nitrogen and oxygen atoms in total. The molecular weight excluding hydrogens is 314 g/mol. The molecule has 2 aliphatic rings. The molecule has 0 aliphatic carbocycles. The quantitative estimate of drug-likeness (QED) is 0.865. The van der Waals surface area contributed by atoms with Crippen LogP contribution in [0, 0.1) is 6.92 Å². The SMILES string of the molecule is COc1ccc2c(c1)Oc1cc(C)ccc1N=C2N1CCCNCC1. The molecule has 0 unspecified atom stereocenters. The van der Waals surface area contributed by atoms with Gasteiger partial charge in [-0.2, -0.15) is 0 Å². The van der Waals surface area contributed by atoms with Crippen LogP contribution in [0.3, 0.4) is 0 Å². The number of nitrogens with zero attached hydrogens (tertiary/aromatic N) is 2. The van der Waals surface area contributed by atoms with Gasteiger partial charge in [0.15, 0.2) is 5.75 Å². The van der Waals surface area contributed by atoms with Crippen LogP contribution in [0.4, 0.5) is 5.69 Å². The number of hydrogen-bond acceptors (Lipinski definition) is 5. The number of methoxy groups -OCH3 is 1. The molecule has 1 fully saturated rings. The van der Waals surface area contributed by atoms with E-state index in [0.717, 1.165) is 72.5 Å². The Kier molecular flexibility index (Phi) is 4.32. The van der Waals surface area contributed by atoms with Gasteiger partial charge in [-0.3, -0.25) is 0 Å². The molecule has 25 heavy (non-hydrogen) atoms. The molecule has 0 spiro atoms. The van der Waals surface area contributed by atoms with Gasteiger partial charge in [-0.05, 0) is 49.7 Å². The topological polar surface area (TPSA) is 46.1 Å². The minimum atomic E-state index is 0.784. The summed E-state index contributed by atoms with van der Waals surface area (Å²) in [6.45, 7) is 5.99. The summed E-state index contributed by atoms with van der Waals surface area (Å²) in [7, 11) is 1.67. The summed E-state index contributed by atoms with van der Waals surface area (Å²) in [5, 5.41) is 3.45. The van der Waals surface area contributed by atoms with E-state index in [1.807, 2.05) is 30.3 Å². The smallest absolute Gasteiger partial charge is 0.153 e. The first-order valence-corrected chi connectivity index (χ1v) is 8.76. The Morgan fingerprint density at radius 3 is 2.88 bits per heavy atom. The predicted octanol–water partition coefficient (Wildman–Crippen LogP) is 3.48. The molecule has 0 atom stereocenters. The first-order valence-electron chi connectivity index (χ1n) is 8.76. The lowest BCUT2D eigenvalue weighted by Gasteiger charge is -2.24. The second-order valence-corrected chi connectivity index (χ2v) is 6.46. The number of fused-ring (bicyclic) bond motifs is 2. The third-order valence-electron chi connectivity index (χ3n) is 4.63. The van der Waals surface area contributed by atoms with Crippen molar-refractivity contribution in [1.29, 1.82) is 0 Å². The lowest BCUT2D eigenvalue weighted by atomic mass is 10.1. The van der Waals surface area contributed by atoms with E-state index in [-0.39, 0.29) is 0 Å². The maximum atomic E-state index is 6.24. The highest BCUT2D eigenvalue weighted by Gasteiger charge is 2.24. The summed E-state index contributed by atoms with van der Waals surface area (Å²) in [6, 6.07) is 12.1. The van der Waals surface area contributed by atoms with Gasteiger partial charge in [-0.25, -0.2) is 4.99 Å². The Morgan fingerprint density at radius 2 is 2.00 bits per heavy atom. The van der Waals surface area contributed by atoms with Crippen molar-refractivity contribution in [2.24, 2.45) is 4.99 Å². The first-order chi connectivity index (χ1) is 12.2. The van der Waals surface area contributed by atoms with Gasteiger partial charge in [0.1, 0.15) is 23.0 Å². The van der Waals surface area contributed by atoms with Crippen molar-refractivity contribution in [2.45, 2.75) is 13.3 Å². The standard InChI is InChI=1S/C20H23N3O2/c1-14-4-7-17-19(12-14)25-18-13-15(24-2)5-6-16(18)20(22-17)23-10-3-8-21-9-11-23/h4-7,12-13,21H,3,8-11H2,1-2H3. The van der Waals surface area contributed by atoms with Crippen molar-refractivity contribution < 1.29 is 9.47 Å². The van der Waals surface area contributed by atoms with E-state index in [4.69, 9.17) is 14.5 Å². The third kappa shape index (κ3) is 3.20. The molecule has 0 amide bonds. The normalized spacial score (nSPS) is 16.7. The van der Waals surface area contributed by atoms with Gasteiger partial charge in [0, 0.05) is 25.7 Å². The number of amidine groups is 1. The van der Waals surface area contributed by atoms with Crippen LogP contribution in [0.15, 0.2) is 41.4 Å². The van der Waals surface area contributed by atoms with Crippen molar-refractivity contribution in [2.75, 3.05) is 33.3 Å². The molecule has 2 heterocycles. The van der Waals surface area contributed by atoms with Crippen molar-refractivity contribution in [3.05, 3.63) is 47.5 Å². The van der Waals surface area contributed by atoms with E-state index in [1.54, 1.807) is 7.11 Å². The van der Waals surface area contributed by atoms with Gasteiger partial charge in [-0.15, -0.1) is 0 Å². The van der Waals surface area contributed by atoms with E-state index < -0.39 is 0 Å². The Morgan fingerprint density at radius 1 is 1.08 bits per heavy atom. The van der Waals surface area contributed by atoms with Crippen molar-refractivity contribution in [3.8, 4) is 17.2 Å². The maximum absolute atomic E-state index is 6.24. The van der Waals surface area contributed by atoms with Gasteiger partial charge in [0.2, 0.25) is 0 Å². The van der Waals surface area contributed by atoms with Gasteiger partial charge in [-0.1, -0.05) is 6.07 Å². The molecule has 4 rings (SSSR count). The lowest BCUT2D eigenvalue weighted by molar-refractivity contribution is 0.408. The monoisotopic (exact) mass is 337 g/mol. The maximum Gasteiger partial charge on any atom is 0.153 e. The van der Waals surface area contributed by atoms with Crippen LogP contribution >= 0.6 is 0 Å². The second kappa shape index (κ2) is 6.76. The fourth-order valence-electron chi connectivity index (χ4n) is 3.29. The zero-order valence-electron chi connectivity index (χ0n) is 14.7. The fourth-order valence-corrected chi connectivity index (χ4v) is 3.29. The second-order valence-electron chi connectivity index (χ2n) is 6.46. The van der Waals surface area contributed by atoms with E-state index in [1.165, 1.54) is 0 Å². The van der Waals surface area contributed by atoms with E-state index >= 15 is 0 Å². The predicted molar refractivity (Wildman–Crippen MR) is 99.5 cm³/mol. The van der Waals surface area contributed by atoms with Gasteiger partial charge in [0.05, 0.1) is 12.7 Å². The fraction of sp³-hybridized carbons (Fsp3) is 0.350. The molecule has 2 aliphatic heterocycles. The molecule has 1 saturated heterocycles. The van der Waals surface area contributed by atoms with Crippen LogP contribution in [0.2, 0.25) is 0 Å². The number of nitrogens with one attached hydrogen (secondary N) is 1. The average molecular weight is 337 g/mol. The molecule has 0 aromatic heterocycles. The number of rotatable bonds is 1. The molecular formula is C20H23N3O2. The Hall–Kier alpha value is -2.53. The van der Waals surface area contributed by atoms with Crippen LogP contribution in [-0.2, 0) is 0 Å². The van der Waals surface area contributed by atoms with E-state index in [9.17, 15) is 0 Å². The van der Waals surface area contributed by atoms with E-state index in [2.05, 4.69) is 23.2 Å². The minimum absolute atomic E-state index is 0.784. The zero-order chi connectivity index (χ0) is 17.2. The number of aryl methyl sites for hydroxylation is 1. The Balaban J connectivity index is 1.85. The summed E-state index contributed by atoms with van der Waals surface area (Å²) >= 11 is 0. The summed E-state index contributed by atoms with van der Waals surface area (Å²) in [4.78, 5) is 7.34. The Bertz CT molecular complexity index is 809. The van der Waals surface area contributed by atoms with Crippen molar-refractivity contribution in [3.63, 3.8) is 0 Å². The molecule has 130 valence electrons. The third-order valence-corrected chi connectivity index (χ3v) is 4.63. The summed E-state index contributed by atoms with van der Waals surface area (Å²) in [5.74, 6) is 3.34. The average Bonchev–Trinajstić information content (AvgIpc) is 2.97. The van der Waals surface area contributed by atoms with Crippen molar-refractivity contribution >= 4 is 11.5 Å². The number of benzene rings is 2.